The average Bonchev–Trinajstić information content (AvgIpc) is 3.31. The number of nitrogens with one attached hydrogen (secondary N) is 3. The van der Waals surface area contributed by atoms with Crippen LogP contribution in [0.15, 0.2) is 60.1 Å². The maximum Gasteiger partial charge on any atom is 0.408 e. The van der Waals surface area contributed by atoms with Crippen LogP contribution in [0.1, 0.15) is 16.8 Å². The van der Waals surface area contributed by atoms with Gasteiger partial charge in [0.05, 0.1) is 26.8 Å². The maximum atomic E-state index is 12.8. The van der Waals surface area contributed by atoms with Crippen molar-refractivity contribution in [1.29, 1.82) is 0 Å². The van der Waals surface area contributed by atoms with Crippen molar-refractivity contribution in [2.45, 2.75) is 19.1 Å². The molecule has 9 nitrogen and oxygen atoms in total. The summed E-state index contributed by atoms with van der Waals surface area (Å²) < 4.78 is 12.4. The molecule has 1 heterocycles. The summed E-state index contributed by atoms with van der Waals surface area (Å²) in [6.07, 6.45) is 4.11. The number of hydrogen-bond donors (Lipinski definition) is 3. The van der Waals surface area contributed by atoms with Crippen molar-refractivity contribution in [3.05, 3.63) is 78.9 Å². The number of nitrogens with zero attached hydrogens (tertiary/aromatic N) is 2. The first-order chi connectivity index (χ1) is 16.0. The molecule has 0 aliphatic rings. The zero-order chi connectivity index (χ0) is 23.6. The predicted molar refractivity (Wildman–Crippen MR) is 140 cm³/mol. The third kappa shape index (κ3) is 7.70. The standard InChI is InChI=1S/C22H21I2N5O4/c1-32-20-17(23)7-15(8-18(20)24)10-27-29-21(30)19(9-16-11-25-13-26-16)28-22(31)33-12-14-5-3-2-4-6-14/h2-8,10-11,13,19H,9,12H2,1H3,(H,25,26)(H,28,31)(H,29,30)/b27-10-/t19-/m0/s1. The van der Waals surface area contributed by atoms with E-state index in [4.69, 9.17) is 9.47 Å². The first-order valence-electron chi connectivity index (χ1n) is 9.76. The summed E-state index contributed by atoms with van der Waals surface area (Å²) in [5.74, 6) is 0.297. The highest BCUT2D eigenvalue weighted by molar-refractivity contribution is 14.1. The van der Waals surface area contributed by atoms with E-state index < -0.39 is 18.0 Å². The first kappa shape index (κ1) is 25.0. The summed E-state index contributed by atoms with van der Waals surface area (Å²) >= 11 is 4.35. The van der Waals surface area contributed by atoms with Crippen LogP contribution in [0.4, 0.5) is 4.79 Å². The van der Waals surface area contributed by atoms with Gasteiger partial charge in [0.25, 0.3) is 5.91 Å². The quantitative estimate of drug-likeness (QED) is 0.182. The van der Waals surface area contributed by atoms with Gasteiger partial charge in [0.1, 0.15) is 18.4 Å². The number of H-pyrrole nitrogens is 1. The SMILES string of the molecule is COc1c(I)cc(/C=N\NC(=O)[C@H](Cc2cnc[nH]2)NC(=O)OCc2ccccc2)cc1I. The van der Waals surface area contributed by atoms with Crippen molar-refractivity contribution in [2.75, 3.05) is 7.11 Å². The van der Waals surface area contributed by atoms with E-state index in [2.05, 4.69) is 71.0 Å². The fourth-order valence-corrected chi connectivity index (χ4v) is 5.09. The minimum Gasteiger partial charge on any atom is -0.495 e. The highest BCUT2D eigenvalue weighted by atomic mass is 127. The summed E-state index contributed by atoms with van der Waals surface area (Å²) in [7, 11) is 1.62. The number of carbonyl (C=O) groups excluding carboxylic acids is 2. The monoisotopic (exact) mass is 673 g/mol. The molecule has 0 bridgehead atoms. The van der Waals surface area contributed by atoms with E-state index in [1.54, 1.807) is 13.3 Å². The lowest BCUT2D eigenvalue weighted by Gasteiger charge is -2.16. The van der Waals surface area contributed by atoms with Gasteiger partial charge in [0.15, 0.2) is 0 Å². The molecule has 2 aromatic carbocycles. The molecule has 0 fully saturated rings. The fourth-order valence-electron chi connectivity index (χ4n) is 2.83. The molecule has 3 rings (SSSR count). The molecule has 0 radical (unpaired) electrons. The molecule has 0 spiro atoms. The number of hydrogen-bond acceptors (Lipinski definition) is 6. The molecule has 11 heteroatoms. The number of aromatic amines is 1. The van der Waals surface area contributed by atoms with Crippen LogP contribution in [0, 0.1) is 7.14 Å². The third-order valence-corrected chi connectivity index (χ3v) is 6.02. The number of ether oxygens (including phenoxy) is 2. The largest absolute Gasteiger partial charge is 0.495 e. The smallest absolute Gasteiger partial charge is 0.408 e. The van der Waals surface area contributed by atoms with Crippen LogP contribution < -0.4 is 15.5 Å². The average molecular weight is 673 g/mol. The van der Waals surface area contributed by atoms with Gasteiger partial charge in [-0.25, -0.2) is 15.2 Å². The number of benzene rings is 2. The Labute approximate surface area is 218 Å². The number of carbonyl (C=O) groups is 2. The molecule has 3 aromatic rings. The molecule has 33 heavy (non-hydrogen) atoms. The fraction of sp³-hybridized carbons (Fsp3) is 0.182. The second kappa shape index (κ2) is 12.5. The molecule has 0 saturated heterocycles. The van der Waals surface area contributed by atoms with Crippen molar-refractivity contribution < 1.29 is 19.1 Å². The van der Waals surface area contributed by atoms with Crippen LogP contribution in [0.5, 0.6) is 5.75 Å². The lowest BCUT2D eigenvalue weighted by molar-refractivity contribution is -0.123. The lowest BCUT2D eigenvalue weighted by Crippen LogP contribution is -2.47. The second-order valence-electron chi connectivity index (χ2n) is 6.79. The van der Waals surface area contributed by atoms with Crippen molar-refractivity contribution in [3.8, 4) is 5.75 Å². The minimum absolute atomic E-state index is 0.0952. The molecule has 2 amide bonds. The Bertz CT molecular complexity index is 1080. The van der Waals surface area contributed by atoms with E-state index >= 15 is 0 Å². The molecule has 0 saturated carbocycles. The van der Waals surface area contributed by atoms with Gasteiger partial charge in [-0.15, -0.1) is 0 Å². The summed E-state index contributed by atoms with van der Waals surface area (Å²) in [4.78, 5) is 31.9. The molecule has 1 aromatic heterocycles. The highest BCUT2D eigenvalue weighted by Crippen LogP contribution is 2.27. The number of methoxy groups -OCH3 is 1. The van der Waals surface area contributed by atoms with E-state index in [1.807, 2.05) is 42.5 Å². The number of aromatic nitrogens is 2. The summed E-state index contributed by atoms with van der Waals surface area (Å²) in [6, 6.07) is 12.1. The maximum absolute atomic E-state index is 12.8. The number of rotatable bonds is 9. The Morgan fingerprint density at radius 2 is 1.94 bits per heavy atom. The second-order valence-corrected chi connectivity index (χ2v) is 9.12. The van der Waals surface area contributed by atoms with E-state index in [-0.39, 0.29) is 13.0 Å². The van der Waals surface area contributed by atoms with Gasteiger partial charge in [-0.2, -0.15) is 5.10 Å². The van der Waals surface area contributed by atoms with Gasteiger partial charge in [0.2, 0.25) is 0 Å². The number of imidazole rings is 1. The zero-order valence-corrected chi connectivity index (χ0v) is 21.9. The summed E-state index contributed by atoms with van der Waals surface area (Å²) in [6.45, 7) is 0.0952. The molecule has 3 N–H and O–H groups in total. The third-order valence-electron chi connectivity index (χ3n) is 4.41. The molecule has 0 aliphatic heterocycles. The van der Waals surface area contributed by atoms with Gasteiger partial charge in [-0.1, -0.05) is 30.3 Å². The van der Waals surface area contributed by atoms with E-state index in [1.165, 1.54) is 12.5 Å². The first-order valence-corrected chi connectivity index (χ1v) is 11.9. The van der Waals surface area contributed by atoms with Gasteiger partial charge in [-0.3, -0.25) is 4.79 Å². The predicted octanol–water partition coefficient (Wildman–Crippen LogP) is 3.62. The van der Waals surface area contributed by atoms with Gasteiger partial charge < -0.3 is 19.8 Å². The van der Waals surface area contributed by atoms with E-state index in [9.17, 15) is 9.59 Å². The van der Waals surface area contributed by atoms with Crippen LogP contribution in [0.2, 0.25) is 0 Å². The van der Waals surface area contributed by atoms with Crippen molar-refractivity contribution in [2.24, 2.45) is 5.10 Å². The van der Waals surface area contributed by atoms with Crippen LogP contribution in [0.25, 0.3) is 0 Å². The molecule has 1 atom stereocenters. The van der Waals surface area contributed by atoms with E-state index in [0.717, 1.165) is 24.0 Å². The minimum atomic E-state index is -0.915. The molecular formula is C22H21I2N5O4. The number of amides is 2. The van der Waals surface area contributed by atoms with Gasteiger partial charge >= 0.3 is 6.09 Å². The Balaban J connectivity index is 1.62. The van der Waals surface area contributed by atoms with Crippen LogP contribution in [0.3, 0.4) is 0 Å². The highest BCUT2D eigenvalue weighted by Gasteiger charge is 2.22. The molecule has 172 valence electrons. The number of hydrazone groups is 1. The number of halogens is 2. The molecule has 0 aliphatic carbocycles. The van der Waals surface area contributed by atoms with Gasteiger partial charge in [-0.05, 0) is 68.4 Å². The van der Waals surface area contributed by atoms with Crippen LogP contribution in [-0.4, -0.2) is 41.3 Å². The Hall–Kier alpha value is -2.68. The normalized spacial score (nSPS) is 11.7. The summed E-state index contributed by atoms with van der Waals surface area (Å²) in [5.41, 5.74) is 4.80. The Morgan fingerprint density at radius 3 is 2.58 bits per heavy atom. The Kier molecular flexibility index (Phi) is 9.47. The topological polar surface area (TPSA) is 118 Å². The molecular weight excluding hydrogens is 652 g/mol. The van der Waals surface area contributed by atoms with Crippen LogP contribution in [-0.2, 0) is 22.6 Å². The Morgan fingerprint density at radius 1 is 1.21 bits per heavy atom. The van der Waals surface area contributed by atoms with Gasteiger partial charge in [0, 0.05) is 18.3 Å². The zero-order valence-electron chi connectivity index (χ0n) is 17.5. The summed E-state index contributed by atoms with van der Waals surface area (Å²) in [5, 5.41) is 6.63. The van der Waals surface area contributed by atoms with Crippen LogP contribution >= 0.6 is 45.2 Å². The lowest BCUT2D eigenvalue weighted by atomic mass is 10.1. The van der Waals surface area contributed by atoms with E-state index in [0.29, 0.717) is 5.69 Å². The van der Waals surface area contributed by atoms with Crippen molar-refractivity contribution in [3.63, 3.8) is 0 Å². The number of alkyl carbamates (subject to hydrolysis) is 1. The molecule has 0 unspecified atom stereocenters. The van der Waals surface area contributed by atoms with Crippen molar-refractivity contribution >= 4 is 63.4 Å². The van der Waals surface area contributed by atoms with Crippen molar-refractivity contribution in [1.82, 2.24) is 20.7 Å².